The maximum Gasteiger partial charge on any atom is 0.203 e. The first-order valence-corrected chi connectivity index (χ1v) is 5.73. The zero-order chi connectivity index (χ0) is 11.9. The van der Waals surface area contributed by atoms with Gasteiger partial charge in [0.15, 0.2) is 5.78 Å². The predicted octanol–water partition coefficient (Wildman–Crippen LogP) is 4.08. The van der Waals surface area contributed by atoms with Crippen molar-refractivity contribution in [2.45, 2.75) is 24.6 Å². The van der Waals surface area contributed by atoms with E-state index in [2.05, 4.69) is 0 Å². The lowest BCUT2D eigenvalue weighted by atomic mass is 9.65. The Labute approximate surface area is 105 Å². The topological polar surface area (TPSA) is 17.1 Å². The summed E-state index contributed by atoms with van der Waals surface area (Å²) in [5.74, 6) is -0.0795. The number of carbonyl (C=O) groups is 1. The first kappa shape index (κ1) is 13.1. The quantitative estimate of drug-likeness (QED) is 0.604. The minimum Gasteiger partial charge on any atom is -0.290 e. The van der Waals surface area contributed by atoms with Crippen LogP contribution in [-0.2, 0) is 4.79 Å². The van der Waals surface area contributed by atoms with Crippen molar-refractivity contribution in [2.75, 3.05) is 0 Å². The third kappa shape index (κ3) is 2.25. The summed E-state index contributed by atoms with van der Waals surface area (Å²) in [7, 11) is 0. The summed E-state index contributed by atoms with van der Waals surface area (Å²) in [4.78, 5) is 11.1. The molecule has 0 bridgehead atoms. The summed E-state index contributed by atoms with van der Waals surface area (Å²) in [6, 6.07) is 0. The Balaban J connectivity index is 3.29. The molecule has 1 rings (SSSR count). The molecule has 1 aliphatic rings. The Hall–Kier alpha value is 0.0200. The van der Waals surface area contributed by atoms with Crippen LogP contribution in [0.1, 0.15) is 20.8 Å². The molecule has 0 unspecified atom stereocenters. The van der Waals surface area contributed by atoms with Gasteiger partial charge in [0.25, 0.3) is 0 Å². The van der Waals surface area contributed by atoms with Crippen LogP contribution < -0.4 is 0 Å². The second-order valence-electron chi connectivity index (χ2n) is 4.69. The van der Waals surface area contributed by atoms with E-state index in [0.717, 1.165) is 0 Å². The lowest BCUT2D eigenvalue weighted by Crippen LogP contribution is -2.44. The number of hydrogen-bond donors (Lipinski definition) is 0. The summed E-state index contributed by atoms with van der Waals surface area (Å²) >= 11 is 18.1. The summed E-state index contributed by atoms with van der Waals surface area (Å²) in [5.41, 5.74) is -1.04. The fourth-order valence-corrected chi connectivity index (χ4v) is 2.88. The van der Waals surface area contributed by atoms with Crippen molar-refractivity contribution in [2.24, 2.45) is 10.8 Å². The van der Waals surface area contributed by atoms with Crippen molar-refractivity contribution in [3.05, 3.63) is 24.3 Å². The van der Waals surface area contributed by atoms with Crippen LogP contribution in [-0.4, -0.2) is 9.58 Å². The largest absolute Gasteiger partial charge is 0.290 e. The van der Waals surface area contributed by atoms with Gasteiger partial charge >= 0.3 is 0 Å². The maximum atomic E-state index is 11.1. The molecule has 0 aromatic carbocycles. The van der Waals surface area contributed by atoms with Crippen LogP contribution in [0.5, 0.6) is 0 Å². The molecule has 0 radical (unpaired) electrons. The standard InChI is InChI=1S/C11H13Cl3O/c1-9(2,3)10(11(12,13)14)6-4-8(15)5-7-10/h4-7H,1-3H3. The molecule has 0 amide bonds. The molecule has 1 aliphatic carbocycles. The third-order valence-electron chi connectivity index (χ3n) is 2.73. The van der Waals surface area contributed by atoms with Crippen molar-refractivity contribution in [1.82, 2.24) is 0 Å². The van der Waals surface area contributed by atoms with Crippen LogP contribution in [0.2, 0.25) is 0 Å². The third-order valence-corrected chi connectivity index (χ3v) is 3.67. The van der Waals surface area contributed by atoms with Crippen LogP contribution in [0.15, 0.2) is 24.3 Å². The number of hydrogen-bond acceptors (Lipinski definition) is 1. The molecule has 0 saturated carbocycles. The Kier molecular flexibility index (Phi) is 3.31. The van der Waals surface area contributed by atoms with Crippen molar-refractivity contribution in [1.29, 1.82) is 0 Å². The monoisotopic (exact) mass is 266 g/mol. The van der Waals surface area contributed by atoms with Gasteiger partial charge in [-0.1, -0.05) is 67.7 Å². The molecule has 0 atom stereocenters. The molecule has 4 heteroatoms. The van der Waals surface area contributed by atoms with Gasteiger partial charge in [0.05, 0.1) is 5.41 Å². The highest BCUT2D eigenvalue weighted by Gasteiger charge is 2.53. The maximum absolute atomic E-state index is 11.1. The van der Waals surface area contributed by atoms with Crippen molar-refractivity contribution >= 4 is 40.6 Å². The highest BCUT2D eigenvalue weighted by Crippen LogP contribution is 2.57. The predicted molar refractivity (Wildman–Crippen MR) is 65.5 cm³/mol. The van der Waals surface area contributed by atoms with E-state index in [-0.39, 0.29) is 11.2 Å². The van der Waals surface area contributed by atoms with E-state index in [9.17, 15) is 4.79 Å². The van der Waals surface area contributed by atoms with E-state index < -0.39 is 9.21 Å². The summed E-state index contributed by atoms with van der Waals surface area (Å²) < 4.78 is -1.47. The van der Waals surface area contributed by atoms with E-state index in [1.54, 1.807) is 12.2 Å². The second kappa shape index (κ2) is 3.80. The van der Waals surface area contributed by atoms with Crippen molar-refractivity contribution in [3.8, 4) is 0 Å². The van der Waals surface area contributed by atoms with E-state index >= 15 is 0 Å². The molecule has 0 fully saturated rings. The molecule has 15 heavy (non-hydrogen) atoms. The van der Waals surface area contributed by atoms with Gasteiger partial charge in [-0.2, -0.15) is 0 Å². The van der Waals surface area contributed by atoms with Gasteiger partial charge in [-0.3, -0.25) is 4.79 Å². The minimum absolute atomic E-state index is 0.0795. The van der Waals surface area contributed by atoms with Gasteiger partial charge in [-0.05, 0) is 17.6 Å². The zero-order valence-corrected chi connectivity index (χ0v) is 11.1. The average molecular weight is 268 g/mol. The van der Waals surface area contributed by atoms with Crippen molar-refractivity contribution < 1.29 is 4.79 Å². The van der Waals surface area contributed by atoms with Crippen LogP contribution >= 0.6 is 34.8 Å². The van der Waals surface area contributed by atoms with Crippen LogP contribution in [0.4, 0.5) is 0 Å². The molecule has 0 aromatic rings. The summed E-state index contributed by atoms with van der Waals surface area (Å²) in [5, 5.41) is 0. The number of rotatable bonds is 0. The van der Waals surface area contributed by atoms with Crippen molar-refractivity contribution in [3.63, 3.8) is 0 Å². The Morgan fingerprint density at radius 3 is 1.73 bits per heavy atom. The fourth-order valence-electron chi connectivity index (χ4n) is 1.65. The molecule has 84 valence electrons. The van der Waals surface area contributed by atoms with Gasteiger partial charge in [0.2, 0.25) is 3.79 Å². The van der Waals surface area contributed by atoms with E-state index in [0.29, 0.717) is 0 Å². The number of allylic oxidation sites excluding steroid dienone is 4. The zero-order valence-electron chi connectivity index (χ0n) is 8.85. The van der Waals surface area contributed by atoms with Crippen LogP contribution in [0.25, 0.3) is 0 Å². The van der Waals surface area contributed by atoms with E-state index in [1.807, 2.05) is 20.8 Å². The molecule has 0 spiro atoms. The van der Waals surface area contributed by atoms with Crippen LogP contribution in [0.3, 0.4) is 0 Å². The second-order valence-corrected chi connectivity index (χ2v) is 6.97. The van der Waals surface area contributed by atoms with Gasteiger partial charge in [0, 0.05) is 0 Å². The SMILES string of the molecule is CC(C)(C)C1(C(Cl)(Cl)Cl)C=CC(=O)C=C1. The van der Waals surface area contributed by atoms with Gasteiger partial charge in [-0.15, -0.1) is 0 Å². The smallest absolute Gasteiger partial charge is 0.203 e. The fraction of sp³-hybridized carbons (Fsp3) is 0.545. The molecular weight excluding hydrogens is 254 g/mol. The Bertz CT molecular complexity index is 297. The lowest BCUT2D eigenvalue weighted by molar-refractivity contribution is -0.110. The number of halogens is 3. The average Bonchev–Trinajstić information content (AvgIpc) is 2.00. The molecule has 0 aromatic heterocycles. The molecule has 0 saturated heterocycles. The Morgan fingerprint density at radius 2 is 1.47 bits per heavy atom. The first-order chi connectivity index (χ1) is 6.60. The number of ketones is 1. The van der Waals surface area contributed by atoms with Gasteiger partial charge in [-0.25, -0.2) is 0 Å². The molecule has 0 heterocycles. The number of carbonyl (C=O) groups excluding carboxylic acids is 1. The van der Waals surface area contributed by atoms with Gasteiger partial charge in [0.1, 0.15) is 0 Å². The number of alkyl halides is 3. The molecule has 0 aliphatic heterocycles. The highest BCUT2D eigenvalue weighted by atomic mass is 35.6. The lowest BCUT2D eigenvalue weighted by Gasteiger charge is -2.46. The first-order valence-electron chi connectivity index (χ1n) is 4.59. The highest BCUT2D eigenvalue weighted by molar-refractivity contribution is 6.68. The minimum atomic E-state index is -1.47. The Morgan fingerprint density at radius 1 is 1.07 bits per heavy atom. The molecule has 0 N–H and O–H groups in total. The summed E-state index contributed by atoms with van der Waals surface area (Å²) in [6.45, 7) is 5.91. The molecule has 1 nitrogen and oxygen atoms in total. The summed E-state index contributed by atoms with van der Waals surface area (Å²) in [6.07, 6.45) is 6.27. The van der Waals surface area contributed by atoms with E-state index in [1.165, 1.54) is 12.2 Å². The van der Waals surface area contributed by atoms with Crippen LogP contribution in [0, 0.1) is 10.8 Å². The van der Waals surface area contributed by atoms with Gasteiger partial charge < -0.3 is 0 Å². The normalized spacial score (nSPS) is 20.8. The van der Waals surface area contributed by atoms with E-state index in [4.69, 9.17) is 34.8 Å². The molecular formula is C11H13Cl3O.